The Morgan fingerprint density at radius 1 is 1.00 bits per heavy atom. The third-order valence-electron chi connectivity index (χ3n) is 4.00. The van der Waals surface area contributed by atoms with Crippen LogP contribution in [0.25, 0.3) is 21.7 Å². The van der Waals surface area contributed by atoms with Gasteiger partial charge in [-0.25, -0.2) is 18.7 Å². The van der Waals surface area contributed by atoms with Gasteiger partial charge in [0.15, 0.2) is 17.5 Å². The van der Waals surface area contributed by atoms with Gasteiger partial charge in [-0.3, -0.25) is 4.98 Å². The number of benzene rings is 1. The lowest BCUT2D eigenvalue weighted by Crippen LogP contribution is -2.05. The highest BCUT2D eigenvalue weighted by Gasteiger charge is 2.23. The maximum atomic E-state index is 11.9. The van der Waals surface area contributed by atoms with Gasteiger partial charge in [0.25, 0.3) is 0 Å². The number of anilines is 1. The van der Waals surface area contributed by atoms with Crippen LogP contribution in [0.5, 0.6) is 0 Å². The van der Waals surface area contributed by atoms with Crippen molar-refractivity contribution in [2.45, 2.75) is 18.9 Å². The van der Waals surface area contributed by atoms with E-state index in [-0.39, 0.29) is 0 Å². The zero-order valence-corrected chi connectivity index (χ0v) is 16.1. The zero-order valence-electron chi connectivity index (χ0n) is 14.6. The van der Waals surface area contributed by atoms with Gasteiger partial charge in [-0.05, 0) is 43.2 Å². The Hall–Kier alpha value is -2.64. The highest BCUT2D eigenvalue weighted by atomic mass is 35.5. The SMILES string of the molecule is Clc1cc2c(NC3CC3)nc(-c3ccccn3)nc2s1.Fc1ccccc1F. The number of halogens is 3. The van der Waals surface area contributed by atoms with Gasteiger partial charge in [-0.2, -0.15) is 0 Å². The van der Waals surface area contributed by atoms with Gasteiger partial charge in [0.2, 0.25) is 0 Å². The van der Waals surface area contributed by atoms with Crippen molar-refractivity contribution < 1.29 is 8.78 Å². The van der Waals surface area contributed by atoms with E-state index in [1.807, 2.05) is 24.3 Å². The first-order valence-corrected chi connectivity index (χ1v) is 9.84. The van der Waals surface area contributed by atoms with Crippen LogP contribution in [0.3, 0.4) is 0 Å². The van der Waals surface area contributed by atoms with Crippen LogP contribution in [-0.4, -0.2) is 21.0 Å². The smallest absolute Gasteiger partial charge is 0.181 e. The molecule has 0 atom stereocenters. The number of hydrogen-bond donors (Lipinski definition) is 1. The molecule has 1 fully saturated rings. The number of hydrogen-bond acceptors (Lipinski definition) is 5. The highest BCUT2D eigenvalue weighted by Crippen LogP contribution is 2.35. The molecule has 1 aliphatic rings. The fourth-order valence-electron chi connectivity index (χ4n) is 2.47. The van der Waals surface area contributed by atoms with Gasteiger partial charge in [0.05, 0.1) is 9.72 Å². The molecule has 0 saturated heterocycles. The second kappa shape index (κ2) is 8.16. The lowest BCUT2D eigenvalue weighted by Gasteiger charge is -2.07. The molecule has 5 rings (SSSR count). The van der Waals surface area contributed by atoms with E-state index in [9.17, 15) is 8.78 Å². The molecule has 28 heavy (non-hydrogen) atoms. The number of rotatable bonds is 3. The molecule has 0 unspecified atom stereocenters. The van der Waals surface area contributed by atoms with Crippen LogP contribution in [0.2, 0.25) is 4.34 Å². The van der Waals surface area contributed by atoms with E-state index >= 15 is 0 Å². The Morgan fingerprint density at radius 3 is 2.32 bits per heavy atom. The van der Waals surface area contributed by atoms with E-state index in [0.717, 1.165) is 38.2 Å². The minimum Gasteiger partial charge on any atom is -0.367 e. The van der Waals surface area contributed by atoms with Crippen molar-refractivity contribution in [2.24, 2.45) is 0 Å². The second-order valence-corrected chi connectivity index (χ2v) is 7.87. The monoisotopic (exact) mass is 416 g/mol. The molecule has 0 spiro atoms. The van der Waals surface area contributed by atoms with Crippen molar-refractivity contribution >= 4 is 39.0 Å². The molecule has 1 N–H and O–H groups in total. The van der Waals surface area contributed by atoms with Crippen molar-refractivity contribution in [3.63, 3.8) is 0 Å². The third kappa shape index (κ3) is 4.43. The molecular weight excluding hydrogens is 402 g/mol. The first-order valence-electron chi connectivity index (χ1n) is 8.65. The Morgan fingerprint density at radius 2 is 1.71 bits per heavy atom. The molecule has 3 aromatic heterocycles. The fraction of sp³-hybridized carbons (Fsp3) is 0.150. The Labute approximate surface area is 169 Å². The Bertz CT molecular complexity index is 1080. The molecule has 0 radical (unpaired) electrons. The van der Waals surface area contributed by atoms with Crippen LogP contribution >= 0.6 is 22.9 Å². The van der Waals surface area contributed by atoms with Crippen LogP contribution in [0.1, 0.15) is 12.8 Å². The quantitative estimate of drug-likeness (QED) is 0.448. The maximum Gasteiger partial charge on any atom is 0.181 e. The molecule has 4 nitrogen and oxygen atoms in total. The molecule has 1 aliphatic carbocycles. The normalized spacial score (nSPS) is 13.1. The molecule has 1 saturated carbocycles. The summed E-state index contributed by atoms with van der Waals surface area (Å²) in [5.74, 6) is -0.0962. The number of fused-ring (bicyclic) bond motifs is 1. The summed E-state index contributed by atoms with van der Waals surface area (Å²) in [6.45, 7) is 0. The number of pyridine rings is 1. The van der Waals surface area contributed by atoms with Crippen LogP contribution in [0.15, 0.2) is 54.7 Å². The van der Waals surface area contributed by atoms with E-state index in [1.165, 1.54) is 36.3 Å². The van der Waals surface area contributed by atoms with Crippen LogP contribution in [0, 0.1) is 11.6 Å². The van der Waals surface area contributed by atoms with Gasteiger partial charge in [0.1, 0.15) is 16.3 Å². The Balaban J connectivity index is 0.000000203. The van der Waals surface area contributed by atoms with Crippen LogP contribution in [0.4, 0.5) is 14.6 Å². The van der Waals surface area contributed by atoms with Crippen LogP contribution < -0.4 is 5.32 Å². The summed E-state index contributed by atoms with van der Waals surface area (Å²) in [7, 11) is 0. The molecule has 3 heterocycles. The molecule has 4 aromatic rings. The van der Waals surface area contributed by atoms with Crippen molar-refractivity contribution in [1.29, 1.82) is 0 Å². The van der Waals surface area contributed by atoms with Crippen molar-refractivity contribution in [2.75, 3.05) is 5.32 Å². The van der Waals surface area contributed by atoms with E-state index in [4.69, 9.17) is 11.6 Å². The van der Waals surface area contributed by atoms with Gasteiger partial charge in [-0.1, -0.05) is 29.8 Å². The van der Waals surface area contributed by atoms with Crippen LogP contribution in [-0.2, 0) is 0 Å². The van der Waals surface area contributed by atoms with E-state index < -0.39 is 11.6 Å². The number of aromatic nitrogens is 3. The summed E-state index contributed by atoms with van der Waals surface area (Å²) in [5, 5.41) is 4.44. The van der Waals surface area contributed by atoms with Crippen molar-refractivity contribution in [3.8, 4) is 11.5 Å². The van der Waals surface area contributed by atoms with Crippen molar-refractivity contribution in [1.82, 2.24) is 15.0 Å². The molecule has 0 aliphatic heterocycles. The van der Waals surface area contributed by atoms with E-state index in [2.05, 4.69) is 20.3 Å². The average molecular weight is 417 g/mol. The van der Waals surface area contributed by atoms with Gasteiger partial charge in [0, 0.05) is 12.2 Å². The molecule has 0 amide bonds. The summed E-state index contributed by atoms with van der Waals surface area (Å²) in [6.07, 6.45) is 4.14. The minimum absolute atomic E-state index is 0.531. The summed E-state index contributed by atoms with van der Waals surface area (Å²) in [4.78, 5) is 14.4. The number of nitrogens with one attached hydrogen (secondary N) is 1. The molecule has 0 bridgehead atoms. The maximum absolute atomic E-state index is 11.9. The second-order valence-electron chi connectivity index (χ2n) is 6.21. The standard InChI is InChI=1S/C14H11ClN4S.C6H4F2/c15-11-7-9-12(17-8-4-5-8)18-13(19-14(9)20-11)10-3-1-2-6-16-10;7-5-3-1-2-4-6(5)8/h1-3,6-8H,4-5H2,(H,17,18,19);1-4H. The first-order chi connectivity index (χ1) is 13.6. The molecular formula is C20H15ClF2N4S. The lowest BCUT2D eigenvalue weighted by atomic mass is 10.3. The minimum atomic E-state index is -0.799. The van der Waals surface area contributed by atoms with Gasteiger partial charge in [-0.15, -0.1) is 11.3 Å². The summed E-state index contributed by atoms with van der Waals surface area (Å²) < 4.78 is 24.6. The largest absolute Gasteiger partial charge is 0.367 e. The number of nitrogens with zero attached hydrogens (tertiary/aromatic N) is 3. The molecule has 1 aromatic carbocycles. The summed E-state index contributed by atoms with van der Waals surface area (Å²) >= 11 is 7.58. The summed E-state index contributed by atoms with van der Waals surface area (Å²) in [6, 6.07) is 13.2. The Kier molecular flexibility index (Phi) is 5.45. The van der Waals surface area contributed by atoms with Gasteiger partial charge >= 0.3 is 0 Å². The topological polar surface area (TPSA) is 50.7 Å². The van der Waals surface area contributed by atoms with Gasteiger partial charge < -0.3 is 5.32 Å². The zero-order chi connectivity index (χ0) is 19.5. The predicted molar refractivity (Wildman–Crippen MR) is 109 cm³/mol. The molecule has 8 heteroatoms. The number of thiophene rings is 1. The van der Waals surface area contributed by atoms with Crippen molar-refractivity contribution in [3.05, 3.63) is 70.7 Å². The van der Waals surface area contributed by atoms with E-state index in [0.29, 0.717) is 11.9 Å². The predicted octanol–water partition coefficient (Wildman–Crippen LogP) is 5.95. The fourth-order valence-corrected chi connectivity index (χ4v) is 3.56. The molecule has 142 valence electrons. The lowest BCUT2D eigenvalue weighted by molar-refractivity contribution is 0.508. The third-order valence-corrected chi connectivity index (χ3v) is 5.16. The van der Waals surface area contributed by atoms with E-state index in [1.54, 1.807) is 6.20 Å². The average Bonchev–Trinajstić information content (AvgIpc) is 3.43. The first kappa shape index (κ1) is 18.7. The highest BCUT2D eigenvalue weighted by molar-refractivity contribution is 7.22. The summed E-state index contributed by atoms with van der Waals surface area (Å²) in [5.41, 5.74) is 0.776.